The summed E-state index contributed by atoms with van der Waals surface area (Å²) >= 11 is 0. The Bertz CT molecular complexity index is 690. The van der Waals surface area contributed by atoms with Crippen LogP contribution in [0.25, 0.3) is 0 Å². The summed E-state index contributed by atoms with van der Waals surface area (Å²) in [7, 11) is 0. The number of nitrogens with one attached hydrogen (secondary N) is 1. The van der Waals surface area contributed by atoms with E-state index in [1.54, 1.807) is 12.4 Å². The molecule has 3 heterocycles. The number of rotatable bonds is 8. The number of aromatic nitrogens is 2. The van der Waals surface area contributed by atoms with Crippen LogP contribution in [0.4, 0.5) is 0 Å². The highest BCUT2D eigenvalue weighted by molar-refractivity contribution is 5.31. The van der Waals surface area contributed by atoms with E-state index >= 15 is 0 Å². The van der Waals surface area contributed by atoms with Gasteiger partial charge in [0.2, 0.25) is 0 Å². The molecule has 1 aliphatic heterocycles. The Balaban J connectivity index is 1.28. The van der Waals surface area contributed by atoms with E-state index in [0.29, 0.717) is 23.8 Å². The van der Waals surface area contributed by atoms with Crippen LogP contribution in [0.15, 0.2) is 43.0 Å². The minimum absolute atomic E-state index is 0.501. The predicted octanol–water partition coefficient (Wildman–Crippen LogP) is 3.04. The van der Waals surface area contributed by atoms with Gasteiger partial charge in [-0.3, -0.25) is 9.97 Å². The van der Waals surface area contributed by atoms with Gasteiger partial charge in [-0.25, -0.2) is 0 Å². The highest BCUT2D eigenvalue weighted by Crippen LogP contribution is 2.55. The lowest BCUT2D eigenvalue weighted by Gasteiger charge is -2.27. The summed E-state index contributed by atoms with van der Waals surface area (Å²) < 4.78 is 11.7. The monoisotopic (exact) mass is 339 g/mol. The Morgan fingerprint density at radius 3 is 2.72 bits per heavy atom. The maximum absolute atomic E-state index is 5.88. The van der Waals surface area contributed by atoms with Crippen molar-refractivity contribution in [2.75, 3.05) is 19.8 Å². The molecule has 0 spiro atoms. The Morgan fingerprint density at radius 1 is 1.12 bits per heavy atom. The van der Waals surface area contributed by atoms with Crippen LogP contribution < -0.4 is 14.8 Å². The molecule has 1 saturated carbocycles. The SMILES string of the molecule is CC1C(CCOc2ccncc2)C1c1cncc(OCC2CCN2)c1. The average molecular weight is 339 g/mol. The van der Waals surface area contributed by atoms with Crippen molar-refractivity contribution in [3.8, 4) is 11.5 Å². The molecule has 2 fully saturated rings. The fourth-order valence-electron chi connectivity index (χ4n) is 3.67. The lowest BCUT2D eigenvalue weighted by atomic mass is 10.1. The van der Waals surface area contributed by atoms with Crippen molar-refractivity contribution in [2.45, 2.75) is 31.7 Å². The van der Waals surface area contributed by atoms with Gasteiger partial charge >= 0.3 is 0 Å². The molecule has 5 nitrogen and oxygen atoms in total. The number of nitrogens with zero attached hydrogens (tertiary/aromatic N) is 2. The molecule has 4 atom stereocenters. The summed E-state index contributed by atoms with van der Waals surface area (Å²) in [5.41, 5.74) is 1.29. The van der Waals surface area contributed by atoms with Gasteiger partial charge in [-0.15, -0.1) is 0 Å². The first-order valence-electron chi connectivity index (χ1n) is 9.15. The first kappa shape index (κ1) is 16.3. The molecule has 1 N–H and O–H groups in total. The summed E-state index contributed by atoms with van der Waals surface area (Å²) in [6, 6.07) is 6.46. The standard InChI is InChI=1S/C20H25N3O2/c1-14-19(5-9-24-17-3-6-21-7-4-17)20(14)15-10-18(12-22-11-15)25-13-16-2-8-23-16/h3-4,6-7,10-12,14,16,19-20,23H,2,5,8-9,13H2,1H3. The molecule has 4 unspecified atom stereocenters. The molecule has 132 valence electrons. The van der Waals surface area contributed by atoms with Crippen molar-refractivity contribution in [2.24, 2.45) is 11.8 Å². The summed E-state index contributed by atoms with van der Waals surface area (Å²) in [6.07, 6.45) is 9.58. The van der Waals surface area contributed by atoms with Gasteiger partial charge < -0.3 is 14.8 Å². The lowest BCUT2D eigenvalue weighted by molar-refractivity contribution is 0.216. The van der Waals surface area contributed by atoms with E-state index in [4.69, 9.17) is 9.47 Å². The van der Waals surface area contributed by atoms with Gasteiger partial charge in [0.1, 0.15) is 18.1 Å². The molecule has 2 aromatic rings. The van der Waals surface area contributed by atoms with E-state index < -0.39 is 0 Å². The van der Waals surface area contributed by atoms with E-state index in [0.717, 1.165) is 37.7 Å². The lowest BCUT2D eigenvalue weighted by Crippen LogP contribution is -2.46. The third-order valence-electron chi connectivity index (χ3n) is 5.43. The van der Waals surface area contributed by atoms with E-state index in [1.807, 2.05) is 24.5 Å². The predicted molar refractivity (Wildman–Crippen MR) is 95.9 cm³/mol. The highest BCUT2D eigenvalue weighted by atomic mass is 16.5. The molecule has 25 heavy (non-hydrogen) atoms. The van der Waals surface area contributed by atoms with E-state index in [2.05, 4.69) is 28.3 Å². The van der Waals surface area contributed by atoms with Crippen molar-refractivity contribution < 1.29 is 9.47 Å². The maximum atomic E-state index is 5.88. The van der Waals surface area contributed by atoms with Crippen molar-refractivity contribution in [1.29, 1.82) is 0 Å². The van der Waals surface area contributed by atoms with Crippen molar-refractivity contribution in [1.82, 2.24) is 15.3 Å². The van der Waals surface area contributed by atoms with Crippen LogP contribution in [0.1, 0.15) is 31.2 Å². The first-order valence-corrected chi connectivity index (χ1v) is 9.15. The number of pyridine rings is 2. The summed E-state index contributed by atoms with van der Waals surface area (Å²) in [6.45, 7) is 4.89. The van der Waals surface area contributed by atoms with Gasteiger partial charge in [0.05, 0.1) is 12.8 Å². The number of hydrogen-bond donors (Lipinski definition) is 1. The van der Waals surface area contributed by atoms with Gasteiger partial charge in [0.25, 0.3) is 0 Å². The molecule has 1 saturated heterocycles. The Morgan fingerprint density at radius 2 is 1.96 bits per heavy atom. The molecule has 2 aromatic heterocycles. The highest BCUT2D eigenvalue weighted by Gasteiger charge is 2.47. The van der Waals surface area contributed by atoms with Gasteiger partial charge in [0, 0.05) is 24.6 Å². The normalized spacial score (nSPS) is 27.4. The van der Waals surface area contributed by atoms with Crippen molar-refractivity contribution >= 4 is 0 Å². The van der Waals surface area contributed by atoms with Crippen LogP contribution in [0.5, 0.6) is 11.5 Å². The Hall–Kier alpha value is -2.14. The third kappa shape index (κ3) is 3.93. The van der Waals surface area contributed by atoms with Crippen molar-refractivity contribution in [3.05, 3.63) is 48.5 Å². The van der Waals surface area contributed by atoms with Gasteiger partial charge in [-0.2, -0.15) is 0 Å². The van der Waals surface area contributed by atoms with Crippen LogP contribution in [0.2, 0.25) is 0 Å². The van der Waals surface area contributed by atoms with Crippen LogP contribution in [-0.2, 0) is 0 Å². The first-order chi connectivity index (χ1) is 12.3. The zero-order valence-electron chi connectivity index (χ0n) is 14.6. The molecule has 0 aromatic carbocycles. The van der Waals surface area contributed by atoms with Crippen LogP contribution in [-0.4, -0.2) is 35.8 Å². The van der Waals surface area contributed by atoms with Crippen LogP contribution >= 0.6 is 0 Å². The molecule has 4 rings (SSSR count). The molecular formula is C20H25N3O2. The quantitative estimate of drug-likeness (QED) is 0.801. The average Bonchev–Trinajstić information content (AvgIpc) is 3.24. The Kier molecular flexibility index (Phi) is 4.83. The summed E-state index contributed by atoms with van der Waals surface area (Å²) in [4.78, 5) is 8.39. The second-order valence-corrected chi connectivity index (χ2v) is 7.07. The van der Waals surface area contributed by atoms with E-state index in [9.17, 15) is 0 Å². The molecule has 1 aliphatic carbocycles. The van der Waals surface area contributed by atoms with Crippen molar-refractivity contribution in [3.63, 3.8) is 0 Å². The van der Waals surface area contributed by atoms with Gasteiger partial charge in [0.15, 0.2) is 0 Å². The van der Waals surface area contributed by atoms with Crippen LogP contribution in [0.3, 0.4) is 0 Å². The van der Waals surface area contributed by atoms with Gasteiger partial charge in [-0.05, 0) is 60.9 Å². The maximum Gasteiger partial charge on any atom is 0.137 e. The third-order valence-corrected chi connectivity index (χ3v) is 5.43. The minimum atomic E-state index is 0.501. The van der Waals surface area contributed by atoms with E-state index in [-0.39, 0.29) is 0 Å². The molecule has 0 amide bonds. The number of hydrogen-bond acceptors (Lipinski definition) is 5. The van der Waals surface area contributed by atoms with Crippen LogP contribution in [0, 0.1) is 11.8 Å². The molecule has 0 radical (unpaired) electrons. The molecule has 5 heteroatoms. The smallest absolute Gasteiger partial charge is 0.137 e. The molecular weight excluding hydrogens is 314 g/mol. The van der Waals surface area contributed by atoms with E-state index in [1.165, 1.54) is 12.0 Å². The van der Waals surface area contributed by atoms with Gasteiger partial charge in [-0.1, -0.05) is 6.92 Å². The second-order valence-electron chi connectivity index (χ2n) is 7.07. The topological polar surface area (TPSA) is 56.3 Å². The fourth-order valence-corrected chi connectivity index (χ4v) is 3.67. The number of ether oxygens (including phenoxy) is 2. The zero-order chi connectivity index (χ0) is 17.1. The zero-order valence-corrected chi connectivity index (χ0v) is 14.6. The summed E-state index contributed by atoms with van der Waals surface area (Å²) in [5, 5.41) is 3.35. The second kappa shape index (κ2) is 7.40. The molecule has 2 aliphatic rings. The molecule has 0 bridgehead atoms. The minimum Gasteiger partial charge on any atom is -0.493 e. The largest absolute Gasteiger partial charge is 0.493 e. The summed E-state index contributed by atoms with van der Waals surface area (Å²) in [5.74, 6) is 3.68. The Labute approximate surface area is 148 Å². The fraction of sp³-hybridized carbons (Fsp3) is 0.500.